The van der Waals surface area contributed by atoms with Gasteiger partial charge < -0.3 is 11.1 Å². The summed E-state index contributed by atoms with van der Waals surface area (Å²) in [6.07, 6.45) is 1.82. The van der Waals surface area contributed by atoms with Gasteiger partial charge in [0.15, 0.2) is 5.13 Å². The molecule has 2 aromatic heterocycles. The van der Waals surface area contributed by atoms with Crippen LogP contribution in [0, 0.1) is 13.8 Å². The highest BCUT2D eigenvalue weighted by Gasteiger charge is 2.16. The number of rotatable bonds is 3. The molecule has 17 heavy (non-hydrogen) atoms. The number of nitrogens with two attached hydrogens (primary N) is 1. The van der Waals surface area contributed by atoms with Crippen molar-refractivity contribution in [3.8, 4) is 0 Å². The Hall–Kier alpha value is -1.47. The number of hydrogen-bond donors (Lipinski definition) is 2. The van der Waals surface area contributed by atoms with Crippen LogP contribution < -0.4 is 11.1 Å². The smallest absolute Gasteiger partial charge is 0.188 e. The maximum Gasteiger partial charge on any atom is 0.188 e. The van der Waals surface area contributed by atoms with Gasteiger partial charge in [-0.2, -0.15) is 5.10 Å². The van der Waals surface area contributed by atoms with Crippen molar-refractivity contribution in [2.75, 3.05) is 5.32 Å². The SMILES string of the molecule is Cc1cnc(Nc2c(C(N)=S)c(C)nn2C)s1. The molecule has 0 saturated carbocycles. The molecular weight excluding hydrogens is 254 g/mol. The number of nitrogens with zero attached hydrogens (tertiary/aromatic N) is 3. The predicted molar refractivity (Wildman–Crippen MR) is 74.0 cm³/mol. The van der Waals surface area contributed by atoms with Crippen LogP contribution in [0.25, 0.3) is 0 Å². The van der Waals surface area contributed by atoms with Crippen LogP contribution in [0.4, 0.5) is 10.9 Å². The molecule has 0 aliphatic carbocycles. The van der Waals surface area contributed by atoms with E-state index in [-0.39, 0.29) is 0 Å². The van der Waals surface area contributed by atoms with Crippen molar-refractivity contribution < 1.29 is 0 Å². The van der Waals surface area contributed by atoms with E-state index in [2.05, 4.69) is 15.4 Å². The Labute approximate surface area is 109 Å². The van der Waals surface area contributed by atoms with E-state index in [4.69, 9.17) is 18.0 Å². The minimum absolute atomic E-state index is 0.339. The first kappa shape index (κ1) is 12.0. The third kappa shape index (κ3) is 2.29. The first-order valence-electron chi connectivity index (χ1n) is 5.02. The Bertz CT molecular complexity index is 569. The number of nitrogens with one attached hydrogen (secondary N) is 1. The van der Waals surface area contributed by atoms with Crippen LogP contribution in [-0.2, 0) is 7.05 Å². The minimum Gasteiger partial charge on any atom is -0.389 e. The molecule has 0 aromatic carbocycles. The van der Waals surface area contributed by atoms with E-state index < -0.39 is 0 Å². The average molecular weight is 267 g/mol. The Morgan fingerprint density at radius 1 is 1.53 bits per heavy atom. The minimum atomic E-state index is 0.339. The van der Waals surface area contributed by atoms with E-state index in [1.54, 1.807) is 16.0 Å². The van der Waals surface area contributed by atoms with Crippen molar-refractivity contribution in [1.29, 1.82) is 0 Å². The maximum atomic E-state index is 5.71. The summed E-state index contributed by atoms with van der Waals surface area (Å²) in [5.74, 6) is 0.782. The van der Waals surface area contributed by atoms with Gasteiger partial charge in [0.1, 0.15) is 10.8 Å². The number of aromatic nitrogens is 3. The van der Waals surface area contributed by atoms with Gasteiger partial charge in [-0.3, -0.25) is 4.68 Å². The van der Waals surface area contributed by atoms with Crippen molar-refractivity contribution in [3.63, 3.8) is 0 Å². The molecule has 0 fully saturated rings. The second kappa shape index (κ2) is 4.42. The highest BCUT2D eigenvalue weighted by molar-refractivity contribution is 7.80. The van der Waals surface area contributed by atoms with Gasteiger partial charge in [-0.25, -0.2) is 4.98 Å². The molecule has 2 rings (SSSR count). The largest absolute Gasteiger partial charge is 0.389 e. The van der Waals surface area contributed by atoms with Gasteiger partial charge in [-0.05, 0) is 13.8 Å². The summed E-state index contributed by atoms with van der Waals surface area (Å²) in [5, 5.41) is 8.31. The molecule has 0 bridgehead atoms. The average Bonchev–Trinajstić information content (AvgIpc) is 2.72. The third-order valence-electron chi connectivity index (χ3n) is 2.32. The second-order valence-electron chi connectivity index (χ2n) is 3.70. The second-order valence-corrected chi connectivity index (χ2v) is 5.37. The lowest BCUT2D eigenvalue weighted by atomic mass is 10.2. The van der Waals surface area contributed by atoms with Gasteiger partial charge in [0.05, 0.1) is 11.3 Å². The summed E-state index contributed by atoms with van der Waals surface area (Å²) < 4.78 is 1.72. The molecule has 0 aliphatic rings. The molecular formula is C10H13N5S2. The molecule has 0 aliphatic heterocycles. The quantitative estimate of drug-likeness (QED) is 0.831. The Morgan fingerprint density at radius 2 is 2.24 bits per heavy atom. The van der Waals surface area contributed by atoms with E-state index >= 15 is 0 Å². The fourth-order valence-electron chi connectivity index (χ4n) is 1.61. The van der Waals surface area contributed by atoms with Gasteiger partial charge in [0.25, 0.3) is 0 Å². The molecule has 0 radical (unpaired) electrons. The van der Waals surface area contributed by atoms with Crippen molar-refractivity contribution in [1.82, 2.24) is 14.8 Å². The molecule has 0 spiro atoms. The number of thiocarbonyl (C=S) groups is 1. The summed E-state index contributed by atoms with van der Waals surface area (Å²) in [6.45, 7) is 3.89. The zero-order valence-electron chi connectivity index (χ0n) is 9.81. The summed E-state index contributed by atoms with van der Waals surface area (Å²) >= 11 is 6.61. The highest BCUT2D eigenvalue weighted by atomic mass is 32.1. The fourth-order valence-corrected chi connectivity index (χ4v) is 2.52. The van der Waals surface area contributed by atoms with Gasteiger partial charge in [0.2, 0.25) is 0 Å². The molecule has 0 atom stereocenters. The molecule has 0 unspecified atom stereocenters. The maximum absolute atomic E-state index is 5.71. The molecule has 2 heterocycles. The Balaban J connectivity index is 2.41. The molecule has 0 saturated heterocycles. The number of aryl methyl sites for hydroxylation is 3. The summed E-state index contributed by atoms with van der Waals surface area (Å²) in [5.41, 5.74) is 7.30. The summed E-state index contributed by atoms with van der Waals surface area (Å²) in [4.78, 5) is 5.73. The molecule has 3 N–H and O–H groups in total. The lowest BCUT2D eigenvalue weighted by Gasteiger charge is -2.05. The third-order valence-corrected chi connectivity index (χ3v) is 3.35. The molecule has 7 heteroatoms. The van der Waals surface area contributed by atoms with Crippen LogP contribution in [0.5, 0.6) is 0 Å². The lowest BCUT2D eigenvalue weighted by molar-refractivity contribution is 0.765. The van der Waals surface area contributed by atoms with Crippen molar-refractivity contribution in [2.45, 2.75) is 13.8 Å². The van der Waals surface area contributed by atoms with Crippen molar-refractivity contribution in [3.05, 3.63) is 22.3 Å². The van der Waals surface area contributed by atoms with Crippen LogP contribution >= 0.6 is 23.6 Å². The normalized spacial score (nSPS) is 10.5. The number of hydrogen-bond acceptors (Lipinski definition) is 5. The zero-order chi connectivity index (χ0) is 12.6. The summed E-state index contributed by atoms with van der Waals surface area (Å²) in [7, 11) is 1.84. The molecule has 0 amide bonds. The van der Waals surface area contributed by atoms with Crippen molar-refractivity contribution in [2.24, 2.45) is 12.8 Å². The monoisotopic (exact) mass is 267 g/mol. The van der Waals surface area contributed by atoms with E-state index in [0.717, 1.165) is 27.1 Å². The van der Waals surface area contributed by atoms with Crippen LogP contribution in [0.15, 0.2) is 6.20 Å². The standard InChI is InChI=1S/C10H13N5S2/c1-5-4-12-10(17-5)13-9-7(8(11)16)6(2)14-15(9)3/h4H,1-3H3,(H2,11,16)(H,12,13). The van der Waals surface area contributed by atoms with Gasteiger partial charge >= 0.3 is 0 Å². The topological polar surface area (TPSA) is 68.8 Å². The van der Waals surface area contributed by atoms with E-state index in [9.17, 15) is 0 Å². The van der Waals surface area contributed by atoms with E-state index in [0.29, 0.717) is 4.99 Å². The predicted octanol–water partition coefficient (Wildman–Crippen LogP) is 1.87. The molecule has 2 aromatic rings. The van der Waals surface area contributed by atoms with Crippen molar-refractivity contribution >= 4 is 39.5 Å². The molecule has 90 valence electrons. The number of thiazole rings is 1. The zero-order valence-corrected chi connectivity index (χ0v) is 11.4. The Morgan fingerprint density at radius 3 is 2.76 bits per heavy atom. The van der Waals surface area contributed by atoms with Crippen LogP contribution in [-0.4, -0.2) is 19.8 Å². The number of anilines is 2. The van der Waals surface area contributed by atoms with E-state index in [1.807, 2.05) is 27.1 Å². The van der Waals surface area contributed by atoms with Crippen LogP contribution in [0.2, 0.25) is 0 Å². The van der Waals surface area contributed by atoms with E-state index in [1.165, 1.54) is 0 Å². The fraction of sp³-hybridized carbons (Fsp3) is 0.300. The van der Waals surface area contributed by atoms with Crippen LogP contribution in [0.1, 0.15) is 16.1 Å². The van der Waals surface area contributed by atoms with Crippen LogP contribution in [0.3, 0.4) is 0 Å². The molecule has 5 nitrogen and oxygen atoms in total. The summed E-state index contributed by atoms with van der Waals surface area (Å²) in [6, 6.07) is 0. The van der Waals surface area contributed by atoms with Gasteiger partial charge in [0, 0.05) is 18.1 Å². The van der Waals surface area contributed by atoms with Gasteiger partial charge in [-0.15, -0.1) is 11.3 Å². The lowest BCUT2D eigenvalue weighted by Crippen LogP contribution is -2.12. The Kier molecular flexibility index (Phi) is 3.12. The van der Waals surface area contributed by atoms with Gasteiger partial charge in [-0.1, -0.05) is 12.2 Å². The first-order chi connectivity index (χ1) is 7.99. The first-order valence-corrected chi connectivity index (χ1v) is 6.24. The highest BCUT2D eigenvalue weighted by Crippen LogP contribution is 2.25.